The maximum absolute atomic E-state index is 12.8. The van der Waals surface area contributed by atoms with E-state index >= 15 is 0 Å². The Balaban J connectivity index is 2.74. The molecule has 1 amide bonds. The van der Waals surface area contributed by atoms with Crippen LogP contribution in [0.4, 0.5) is 5.69 Å². The first kappa shape index (κ1) is 28.7. The van der Waals surface area contributed by atoms with E-state index in [1.165, 1.54) is 61.3 Å². The Kier molecular flexibility index (Phi) is 9.88. The second-order valence-corrected chi connectivity index (χ2v) is 8.88. The predicted octanol–water partition coefficient (Wildman–Crippen LogP) is 3.48. The van der Waals surface area contributed by atoms with E-state index in [-0.39, 0.29) is 17.2 Å². The average Bonchev–Trinajstić information content (AvgIpc) is 2.81. The third-order valence-electron chi connectivity index (χ3n) is 5.10. The van der Waals surface area contributed by atoms with Gasteiger partial charge in [-0.1, -0.05) is 23.2 Å². The number of hydrogen-bond donors (Lipinski definition) is 1. The number of benzene rings is 2. The van der Waals surface area contributed by atoms with Crippen LogP contribution in [0.25, 0.3) is 11.5 Å². The van der Waals surface area contributed by atoms with Crippen LogP contribution in [0.1, 0.15) is 37.5 Å². The fourth-order valence-corrected chi connectivity index (χ4v) is 4.00. The van der Waals surface area contributed by atoms with E-state index in [1.54, 1.807) is 24.3 Å². The molecule has 11 heteroatoms. The number of amides is 1. The highest BCUT2D eigenvalue weighted by Gasteiger charge is 2.32. The predicted molar refractivity (Wildman–Crippen MR) is 134 cm³/mol. The molecule has 2 aromatic rings. The van der Waals surface area contributed by atoms with Gasteiger partial charge in [0, 0.05) is 18.2 Å². The van der Waals surface area contributed by atoms with Gasteiger partial charge in [-0.05, 0) is 43.7 Å². The number of hydrogen-bond acceptors (Lipinski definition) is 9. The second-order valence-electron chi connectivity index (χ2n) is 7.98. The van der Waals surface area contributed by atoms with Crippen molar-refractivity contribution in [1.82, 2.24) is 0 Å². The summed E-state index contributed by atoms with van der Waals surface area (Å²) in [4.78, 5) is 24.2. The Morgan fingerprint density at radius 3 is 2.06 bits per heavy atom. The van der Waals surface area contributed by atoms with Crippen LogP contribution in [0.3, 0.4) is 0 Å². The minimum absolute atomic E-state index is 0.179. The minimum atomic E-state index is -2.48. The molecular weight excluding hydrogens is 490 g/mol. The van der Waals surface area contributed by atoms with Gasteiger partial charge < -0.3 is 33.6 Å². The molecule has 0 saturated heterocycles. The lowest BCUT2D eigenvalue weighted by molar-refractivity contribution is -0.160. The van der Waals surface area contributed by atoms with Gasteiger partial charge in [0.05, 0.1) is 39.7 Å². The number of nitrogens with one attached hydrogen (secondary N) is 1. The van der Waals surface area contributed by atoms with Crippen LogP contribution in [-0.2, 0) is 40.6 Å². The van der Waals surface area contributed by atoms with E-state index in [2.05, 4.69) is 5.32 Å². The molecule has 0 aliphatic heterocycles. The molecule has 1 N–H and O–H groups in total. The number of ether oxygens (including phenoxy) is 5. The zero-order valence-electron chi connectivity index (χ0n) is 21.3. The number of esters is 1. The van der Waals surface area contributed by atoms with Gasteiger partial charge in [0.2, 0.25) is 0 Å². The van der Waals surface area contributed by atoms with Crippen LogP contribution in [-0.4, -0.2) is 54.7 Å². The highest BCUT2D eigenvalue weighted by molar-refractivity contribution is 7.78. The van der Waals surface area contributed by atoms with E-state index in [9.17, 15) is 18.4 Å². The van der Waals surface area contributed by atoms with Crippen molar-refractivity contribution < 1.29 is 42.0 Å². The van der Waals surface area contributed by atoms with E-state index in [0.717, 1.165) is 0 Å². The Morgan fingerprint density at radius 1 is 0.944 bits per heavy atom. The Bertz CT molecular complexity index is 1170. The van der Waals surface area contributed by atoms with Gasteiger partial charge in [-0.3, -0.25) is 13.8 Å². The highest BCUT2D eigenvalue weighted by atomic mass is 32.2. The SMILES string of the molecule is COC(=C(OC)c1ccccc1OC)c1cc(OC)c(NC(=O)C(C)(C)OC(C)=O)cc1CS(=O)[O-]. The normalized spacial score (nSPS) is 12.7. The van der Waals surface area contributed by atoms with Crippen LogP contribution < -0.4 is 14.8 Å². The Morgan fingerprint density at radius 2 is 1.53 bits per heavy atom. The fourth-order valence-electron chi connectivity index (χ4n) is 3.51. The molecule has 36 heavy (non-hydrogen) atoms. The highest BCUT2D eigenvalue weighted by Crippen LogP contribution is 2.38. The summed E-state index contributed by atoms with van der Waals surface area (Å²) in [7, 11) is 5.79. The van der Waals surface area contributed by atoms with Crippen molar-refractivity contribution in [2.45, 2.75) is 32.1 Å². The number of carbonyl (C=O) groups excluding carboxylic acids is 2. The average molecular weight is 521 g/mol. The first-order chi connectivity index (χ1) is 17.0. The maximum atomic E-state index is 12.8. The fraction of sp³-hybridized carbons (Fsp3) is 0.360. The van der Waals surface area contributed by atoms with Gasteiger partial charge in [0.25, 0.3) is 5.91 Å². The Labute approximate surface area is 212 Å². The number of methoxy groups -OCH3 is 4. The van der Waals surface area contributed by atoms with Crippen molar-refractivity contribution in [3.8, 4) is 11.5 Å². The van der Waals surface area contributed by atoms with Gasteiger partial charge >= 0.3 is 5.97 Å². The van der Waals surface area contributed by atoms with E-state index in [0.29, 0.717) is 28.2 Å². The molecule has 0 spiro atoms. The Hall–Kier alpha value is -3.57. The molecule has 0 aromatic heterocycles. The summed E-state index contributed by atoms with van der Waals surface area (Å²) in [6.07, 6.45) is 0. The van der Waals surface area contributed by atoms with Crippen LogP contribution >= 0.6 is 0 Å². The number of rotatable bonds is 11. The molecule has 10 nitrogen and oxygen atoms in total. The topological polar surface area (TPSA) is 132 Å². The van der Waals surface area contributed by atoms with Crippen molar-refractivity contribution in [2.24, 2.45) is 0 Å². The van der Waals surface area contributed by atoms with Crippen LogP contribution in [0.2, 0.25) is 0 Å². The minimum Gasteiger partial charge on any atom is -0.772 e. The van der Waals surface area contributed by atoms with Crippen LogP contribution in [0.15, 0.2) is 36.4 Å². The third-order valence-corrected chi connectivity index (χ3v) is 5.65. The van der Waals surface area contributed by atoms with Crippen LogP contribution in [0.5, 0.6) is 11.5 Å². The summed E-state index contributed by atoms with van der Waals surface area (Å²) in [5, 5.41) is 2.65. The van der Waals surface area contributed by atoms with Crippen molar-refractivity contribution in [1.29, 1.82) is 0 Å². The van der Waals surface area contributed by atoms with Crippen molar-refractivity contribution in [2.75, 3.05) is 33.8 Å². The lowest BCUT2D eigenvalue weighted by atomic mass is 10.0. The monoisotopic (exact) mass is 520 g/mol. The molecular formula is C25H30NO9S-. The van der Waals surface area contributed by atoms with E-state index < -0.39 is 34.3 Å². The molecule has 0 bridgehead atoms. The summed E-state index contributed by atoms with van der Waals surface area (Å²) in [5.41, 5.74) is -0.0712. The standard InChI is InChI=1S/C25H31NO9S/c1-15(27)35-25(2,3)24(28)26-19-12-16(14-36(29)30)18(13-21(19)32-5)23(34-7)22(33-6)17-10-8-9-11-20(17)31-4/h8-13H,14H2,1-7H3,(H,26,28)(H,29,30)/p-1. The van der Waals surface area contributed by atoms with Gasteiger partial charge in [-0.15, -0.1) is 0 Å². The molecule has 0 aliphatic carbocycles. The summed E-state index contributed by atoms with van der Waals surface area (Å²) in [6, 6.07) is 10.1. The molecule has 0 fully saturated rings. The summed E-state index contributed by atoms with van der Waals surface area (Å²) in [5.74, 6) is -0.415. The summed E-state index contributed by atoms with van der Waals surface area (Å²) >= 11 is -2.48. The zero-order valence-corrected chi connectivity index (χ0v) is 22.1. The second kappa shape index (κ2) is 12.4. The lowest BCUT2D eigenvalue weighted by Crippen LogP contribution is -2.41. The molecule has 0 heterocycles. The summed E-state index contributed by atoms with van der Waals surface area (Å²) in [6.45, 7) is 4.06. The quantitative estimate of drug-likeness (QED) is 0.205. The molecule has 0 radical (unpaired) electrons. The third kappa shape index (κ3) is 6.76. The first-order valence-corrected chi connectivity index (χ1v) is 12.0. The molecule has 0 aliphatic rings. The molecule has 1 atom stereocenters. The number of para-hydroxylation sites is 1. The largest absolute Gasteiger partial charge is 0.772 e. The van der Waals surface area contributed by atoms with Crippen molar-refractivity contribution in [3.05, 3.63) is 53.1 Å². The lowest BCUT2D eigenvalue weighted by Gasteiger charge is -2.25. The van der Waals surface area contributed by atoms with Gasteiger partial charge in [-0.2, -0.15) is 0 Å². The van der Waals surface area contributed by atoms with Crippen LogP contribution in [0, 0.1) is 0 Å². The molecule has 2 aromatic carbocycles. The first-order valence-electron chi connectivity index (χ1n) is 10.7. The molecule has 196 valence electrons. The van der Waals surface area contributed by atoms with E-state index in [4.69, 9.17) is 23.7 Å². The number of carbonyl (C=O) groups is 2. The zero-order chi connectivity index (χ0) is 27.0. The van der Waals surface area contributed by atoms with Gasteiger partial charge in [0.15, 0.2) is 17.1 Å². The number of anilines is 1. The smallest absolute Gasteiger partial charge is 0.303 e. The molecule has 2 rings (SSSR count). The van der Waals surface area contributed by atoms with Gasteiger partial charge in [-0.25, -0.2) is 0 Å². The van der Waals surface area contributed by atoms with Crippen molar-refractivity contribution in [3.63, 3.8) is 0 Å². The van der Waals surface area contributed by atoms with E-state index in [1.807, 2.05) is 0 Å². The molecule has 0 saturated carbocycles. The van der Waals surface area contributed by atoms with Gasteiger partial charge in [0.1, 0.15) is 11.5 Å². The van der Waals surface area contributed by atoms with Crippen molar-refractivity contribution >= 4 is 40.2 Å². The maximum Gasteiger partial charge on any atom is 0.303 e. The summed E-state index contributed by atoms with van der Waals surface area (Å²) < 4.78 is 50.8. The molecule has 1 unspecified atom stereocenters.